The maximum absolute atomic E-state index is 12.0. The maximum Gasteiger partial charge on any atom is 0.282 e. The molecule has 1 amide bonds. The fraction of sp³-hybridized carbons (Fsp3) is 0.231. The molecule has 0 saturated carbocycles. The van der Waals surface area contributed by atoms with Crippen LogP contribution in [0, 0.1) is 10.1 Å². The molecular formula is C13H15N5O3. The van der Waals surface area contributed by atoms with Crippen LogP contribution in [0.15, 0.2) is 30.6 Å². The number of nitrogens with one attached hydrogen (secondary N) is 2. The van der Waals surface area contributed by atoms with Crippen LogP contribution in [0.25, 0.3) is 0 Å². The summed E-state index contributed by atoms with van der Waals surface area (Å²) in [7, 11) is 0. The van der Waals surface area contributed by atoms with E-state index < -0.39 is 10.8 Å². The first kappa shape index (κ1) is 14.5. The van der Waals surface area contributed by atoms with Gasteiger partial charge in [-0.2, -0.15) is 0 Å². The molecule has 0 saturated heterocycles. The van der Waals surface area contributed by atoms with Crippen LogP contribution in [-0.4, -0.2) is 27.3 Å². The van der Waals surface area contributed by atoms with Gasteiger partial charge in [0.1, 0.15) is 11.4 Å². The Labute approximate surface area is 120 Å². The second-order valence-corrected chi connectivity index (χ2v) is 4.43. The number of anilines is 1. The molecule has 0 radical (unpaired) electrons. The van der Waals surface area contributed by atoms with E-state index in [9.17, 15) is 14.9 Å². The lowest BCUT2D eigenvalue weighted by molar-refractivity contribution is -0.385. The Morgan fingerprint density at radius 3 is 2.95 bits per heavy atom. The Balaban J connectivity index is 1.93. The van der Waals surface area contributed by atoms with Gasteiger partial charge in [-0.15, -0.1) is 0 Å². The fourth-order valence-corrected chi connectivity index (χ4v) is 1.88. The molecule has 0 aliphatic rings. The van der Waals surface area contributed by atoms with E-state index >= 15 is 0 Å². The maximum atomic E-state index is 12.0. The lowest BCUT2D eigenvalue weighted by atomic mass is 10.1. The van der Waals surface area contributed by atoms with E-state index in [1.807, 2.05) is 0 Å². The molecule has 0 spiro atoms. The molecule has 4 N–H and O–H groups in total. The Bertz CT molecular complexity index is 639. The topological polar surface area (TPSA) is 127 Å². The van der Waals surface area contributed by atoms with E-state index in [1.165, 1.54) is 18.2 Å². The average molecular weight is 289 g/mol. The predicted octanol–water partition coefficient (Wildman–Crippen LogP) is 1.26. The van der Waals surface area contributed by atoms with Crippen LogP contribution < -0.4 is 11.1 Å². The zero-order chi connectivity index (χ0) is 15.2. The van der Waals surface area contributed by atoms with E-state index in [2.05, 4.69) is 15.3 Å². The number of imidazole rings is 1. The van der Waals surface area contributed by atoms with Crippen molar-refractivity contribution in [1.82, 2.24) is 15.3 Å². The van der Waals surface area contributed by atoms with Gasteiger partial charge in [0.25, 0.3) is 11.6 Å². The molecule has 1 heterocycles. The van der Waals surface area contributed by atoms with Crippen molar-refractivity contribution in [3.63, 3.8) is 0 Å². The van der Waals surface area contributed by atoms with Gasteiger partial charge in [-0.25, -0.2) is 4.98 Å². The van der Waals surface area contributed by atoms with Crippen molar-refractivity contribution < 1.29 is 9.72 Å². The number of nitrogen functional groups attached to an aromatic ring is 1. The molecule has 0 unspecified atom stereocenters. The molecular weight excluding hydrogens is 274 g/mol. The Morgan fingerprint density at radius 1 is 1.48 bits per heavy atom. The summed E-state index contributed by atoms with van der Waals surface area (Å²) in [6.07, 6.45) is 4.75. The van der Waals surface area contributed by atoms with E-state index in [1.54, 1.807) is 12.4 Å². The highest BCUT2D eigenvalue weighted by Crippen LogP contribution is 2.20. The van der Waals surface area contributed by atoms with Gasteiger partial charge in [0.15, 0.2) is 0 Å². The number of carbonyl (C=O) groups excluding carboxylic acids is 1. The average Bonchev–Trinajstić information content (AvgIpc) is 2.96. The summed E-state index contributed by atoms with van der Waals surface area (Å²) >= 11 is 0. The van der Waals surface area contributed by atoms with Gasteiger partial charge in [0.05, 0.1) is 4.92 Å². The highest BCUT2D eigenvalue weighted by molar-refractivity contribution is 5.99. The third-order valence-electron chi connectivity index (χ3n) is 2.89. The molecule has 21 heavy (non-hydrogen) atoms. The lowest BCUT2D eigenvalue weighted by Crippen LogP contribution is -2.25. The Morgan fingerprint density at radius 2 is 2.29 bits per heavy atom. The van der Waals surface area contributed by atoms with Crippen LogP contribution in [0.3, 0.4) is 0 Å². The second kappa shape index (κ2) is 6.51. The number of aromatic nitrogens is 2. The molecule has 8 heteroatoms. The number of hydrogen-bond donors (Lipinski definition) is 3. The summed E-state index contributed by atoms with van der Waals surface area (Å²) in [5.41, 5.74) is 5.59. The number of nitro groups is 1. The number of amides is 1. The largest absolute Gasteiger partial charge is 0.399 e. The molecule has 0 aliphatic carbocycles. The van der Waals surface area contributed by atoms with Crippen molar-refractivity contribution in [3.05, 3.63) is 52.1 Å². The van der Waals surface area contributed by atoms with Gasteiger partial charge in [-0.3, -0.25) is 14.9 Å². The van der Waals surface area contributed by atoms with Gasteiger partial charge in [0, 0.05) is 37.1 Å². The van der Waals surface area contributed by atoms with Gasteiger partial charge in [-0.1, -0.05) is 0 Å². The first-order chi connectivity index (χ1) is 10.1. The molecule has 1 aromatic heterocycles. The van der Waals surface area contributed by atoms with Crippen LogP contribution in [-0.2, 0) is 6.42 Å². The summed E-state index contributed by atoms with van der Waals surface area (Å²) in [6, 6.07) is 3.93. The Hall–Kier alpha value is -2.90. The number of aryl methyl sites for hydroxylation is 1. The normalized spacial score (nSPS) is 10.3. The second-order valence-electron chi connectivity index (χ2n) is 4.43. The summed E-state index contributed by atoms with van der Waals surface area (Å²) in [5.74, 6) is 0.327. The molecule has 2 aromatic rings. The quantitative estimate of drug-likeness (QED) is 0.319. The minimum atomic E-state index is -0.600. The third kappa shape index (κ3) is 3.78. The zero-order valence-corrected chi connectivity index (χ0v) is 11.2. The van der Waals surface area contributed by atoms with Crippen LogP contribution in [0.2, 0.25) is 0 Å². The Kier molecular flexibility index (Phi) is 4.50. The van der Waals surface area contributed by atoms with Gasteiger partial charge in [0.2, 0.25) is 0 Å². The zero-order valence-electron chi connectivity index (χ0n) is 11.2. The number of nitro benzene ring substituents is 1. The van der Waals surface area contributed by atoms with Crippen LogP contribution >= 0.6 is 0 Å². The number of nitrogens with zero attached hydrogens (tertiary/aromatic N) is 2. The number of H-pyrrole nitrogens is 1. The molecule has 0 bridgehead atoms. The van der Waals surface area contributed by atoms with Crippen molar-refractivity contribution in [2.45, 2.75) is 12.8 Å². The monoisotopic (exact) mass is 289 g/mol. The van der Waals surface area contributed by atoms with Crippen LogP contribution in [0.5, 0.6) is 0 Å². The molecule has 0 atom stereocenters. The predicted molar refractivity (Wildman–Crippen MR) is 76.8 cm³/mol. The summed E-state index contributed by atoms with van der Waals surface area (Å²) < 4.78 is 0. The minimum absolute atomic E-state index is 0.0296. The van der Waals surface area contributed by atoms with Crippen LogP contribution in [0.1, 0.15) is 22.6 Å². The smallest absolute Gasteiger partial charge is 0.282 e. The summed E-state index contributed by atoms with van der Waals surface area (Å²) in [4.78, 5) is 29.3. The number of aromatic amines is 1. The number of nitrogens with two attached hydrogens (primary N) is 1. The van der Waals surface area contributed by atoms with Crippen molar-refractivity contribution in [2.24, 2.45) is 0 Å². The summed E-state index contributed by atoms with van der Waals surface area (Å²) in [5, 5.41) is 13.5. The molecule has 110 valence electrons. The first-order valence-electron chi connectivity index (χ1n) is 6.38. The third-order valence-corrected chi connectivity index (χ3v) is 2.89. The van der Waals surface area contributed by atoms with Crippen molar-refractivity contribution in [3.8, 4) is 0 Å². The highest BCUT2D eigenvalue weighted by Gasteiger charge is 2.19. The van der Waals surface area contributed by atoms with E-state index in [4.69, 9.17) is 5.73 Å². The van der Waals surface area contributed by atoms with E-state index in [0.29, 0.717) is 25.1 Å². The molecule has 0 fully saturated rings. The van der Waals surface area contributed by atoms with Gasteiger partial charge < -0.3 is 16.0 Å². The molecule has 8 nitrogen and oxygen atoms in total. The van der Waals surface area contributed by atoms with Crippen molar-refractivity contribution in [1.29, 1.82) is 0 Å². The number of carbonyl (C=O) groups is 1. The summed E-state index contributed by atoms with van der Waals surface area (Å²) in [6.45, 7) is 0.394. The molecule has 0 aliphatic heterocycles. The number of hydrogen-bond acceptors (Lipinski definition) is 5. The number of rotatable bonds is 6. The van der Waals surface area contributed by atoms with Crippen molar-refractivity contribution >= 4 is 17.3 Å². The van der Waals surface area contributed by atoms with Crippen LogP contribution in [0.4, 0.5) is 11.4 Å². The van der Waals surface area contributed by atoms with Crippen molar-refractivity contribution in [2.75, 3.05) is 12.3 Å². The van der Waals surface area contributed by atoms with Gasteiger partial charge >= 0.3 is 0 Å². The fourth-order valence-electron chi connectivity index (χ4n) is 1.88. The van der Waals surface area contributed by atoms with E-state index in [0.717, 1.165) is 5.82 Å². The first-order valence-corrected chi connectivity index (χ1v) is 6.38. The molecule has 1 aromatic carbocycles. The minimum Gasteiger partial charge on any atom is -0.399 e. The standard InChI is InChI=1S/C13H15N5O3/c14-9-3-4-11(18(20)21)10(8-9)13(19)17-5-1-2-12-15-6-7-16-12/h3-4,6-8H,1-2,5,14H2,(H,15,16)(H,17,19). The lowest BCUT2D eigenvalue weighted by Gasteiger charge is -2.06. The van der Waals surface area contributed by atoms with E-state index in [-0.39, 0.29) is 11.3 Å². The van der Waals surface area contributed by atoms with Gasteiger partial charge in [-0.05, 0) is 18.6 Å². The number of benzene rings is 1. The SMILES string of the molecule is Nc1ccc([N+](=O)[O-])c(C(=O)NCCCc2ncc[nH]2)c1. The highest BCUT2D eigenvalue weighted by atomic mass is 16.6. The molecule has 2 rings (SSSR count).